The Hall–Kier alpha value is -0.900. The Bertz CT molecular complexity index is 512. The van der Waals surface area contributed by atoms with Gasteiger partial charge in [0.1, 0.15) is 0 Å². The third-order valence-corrected chi connectivity index (χ3v) is 6.35. The van der Waals surface area contributed by atoms with Crippen LogP contribution in [0.5, 0.6) is 0 Å². The summed E-state index contributed by atoms with van der Waals surface area (Å²) >= 11 is 0. The van der Waals surface area contributed by atoms with E-state index >= 15 is 0 Å². The van der Waals surface area contributed by atoms with Crippen molar-refractivity contribution < 1.29 is 9.84 Å². The second kappa shape index (κ2) is 8.66. The van der Waals surface area contributed by atoms with E-state index in [0.29, 0.717) is 18.4 Å². The third-order valence-electron chi connectivity index (χ3n) is 6.35. The summed E-state index contributed by atoms with van der Waals surface area (Å²) < 4.78 is 6.23. The fourth-order valence-corrected chi connectivity index (χ4v) is 4.99. The summed E-state index contributed by atoms with van der Waals surface area (Å²) in [5.74, 6) is 0.807. The van der Waals surface area contributed by atoms with Gasteiger partial charge in [-0.15, -0.1) is 0 Å². The van der Waals surface area contributed by atoms with Gasteiger partial charge < -0.3 is 14.7 Å². The van der Waals surface area contributed by atoms with Crippen LogP contribution in [0.15, 0.2) is 30.3 Å². The van der Waals surface area contributed by atoms with Gasteiger partial charge in [0.2, 0.25) is 0 Å². The molecule has 0 saturated heterocycles. The number of hydrogen-bond acceptors (Lipinski definition) is 3. The van der Waals surface area contributed by atoms with Crippen LogP contribution in [0.3, 0.4) is 0 Å². The number of nitrogens with zero attached hydrogens (tertiary/aromatic N) is 1. The van der Waals surface area contributed by atoms with Crippen LogP contribution in [0.25, 0.3) is 0 Å². The number of hydrogen-bond donors (Lipinski definition) is 1. The quantitative estimate of drug-likeness (QED) is 0.837. The lowest BCUT2D eigenvalue weighted by atomic mass is 9.63. The molecule has 0 bridgehead atoms. The number of benzene rings is 1. The van der Waals surface area contributed by atoms with Gasteiger partial charge in [0.15, 0.2) is 0 Å². The SMILES string of the molecule is CN(C)CC1CC(OCc2ccccc2)CCC1(O)C1CCCCC1. The van der Waals surface area contributed by atoms with Gasteiger partial charge in [-0.05, 0) is 57.7 Å². The second-order valence-corrected chi connectivity index (χ2v) is 8.48. The molecule has 0 aliphatic heterocycles. The van der Waals surface area contributed by atoms with Crippen LogP contribution in [0.2, 0.25) is 0 Å². The van der Waals surface area contributed by atoms with E-state index in [1.165, 1.54) is 37.7 Å². The molecule has 0 aromatic heterocycles. The van der Waals surface area contributed by atoms with Crippen molar-refractivity contribution in [2.24, 2.45) is 11.8 Å². The first-order valence-electron chi connectivity index (χ1n) is 10.1. The summed E-state index contributed by atoms with van der Waals surface area (Å²) in [4.78, 5) is 2.23. The molecule has 0 heterocycles. The summed E-state index contributed by atoms with van der Waals surface area (Å²) in [6.07, 6.45) is 9.47. The molecule has 1 N–H and O–H groups in total. The van der Waals surface area contributed by atoms with Crippen LogP contribution in [-0.4, -0.2) is 42.4 Å². The van der Waals surface area contributed by atoms with Crippen molar-refractivity contribution in [1.82, 2.24) is 4.90 Å². The fourth-order valence-electron chi connectivity index (χ4n) is 4.99. The van der Waals surface area contributed by atoms with E-state index in [9.17, 15) is 5.11 Å². The van der Waals surface area contributed by atoms with E-state index in [4.69, 9.17) is 4.74 Å². The van der Waals surface area contributed by atoms with Gasteiger partial charge in [-0.25, -0.2) is 0 Å². The topological polar surface area (TPSA) is 32.7 Å². The molecule has 3 rings (SSSR count). The first kappa shape index (κ1) is 18.9. The van der Waals surface area contributed by atoms with Crippen molar-refractivity contribution in [2.45, 2.75) is 69.7 Å². The molecule has 0 spiro atoms. The lowest BCUT2D eigenvalue weighted by molar-refractivity contribution is -0.142. The highest BCUT2D eigenvalue weighted by molar-refractivity contribution is 5.13. The molecule has 2 aliphatic rings. The van der Waals surface area contributed by atoms with Gasteiger partial charge in [-0.3, -0.25) is 0 Å². The summed E-state index contributed by atoms with van der Waals surface area (Å²) in [5.41, 5.74) is 0.747. The second-order valence-electron chi connectivity index (χ2n) is 8.48. The summed E-state index contributed by atoms with van der Waals surface area (Å²) in [6.45, 7) is 1.64. The number of ether oxygens (including phenoxy) is 1. The predicted molar refractivity (Wildman–Crippen MR) is 102 cm³/mol. The van der Waals surface area contributed by atoms with Gasteiger partial charge in [0.05, 0.1) is 18.3 Å². The van der Waals surface area contributed by atoms with Crippen molar-refractivity contribution in [3.05, 3.63) is 35.9 Å². The van der Waals surface area contributed by atoms with Crippen LogP contribution in [-0.2, 0) is 11.3 Å². The zero-order chi connectivity index (χ0) is 17.7. The minimum atomic E-state index is -0.489. The maximum Gasteiger partial charge on any atom is 0.0720 e. The average molecular weight is 346 g/mol. The molecule has 2 fully saturated rings. The Morgan fingerprint density at radius 1 is 1.08 bits per heavy atom. The largest absolute Gasteiger partial charge is 0.389 e. The fraction of sp³-hybridized carbons (Fsp3) is 0.727. The first-order valence-corrected chi connectivity index (χ1v) is 10.1. The molecule has 3 unspecified atom stereocenters. The summed E-state index contributed by atoms with van der Waals surface area (Å²) in [7, 11) is 4.24. The van der Waals surface area contributed by atoms with Crippen molar-refractivity contribution in [2.75, 3.05) is 20.6 Å². The molecule has 25 heavy (non-hydrogen) atoms. The van der Waals surface area contributed by atoms with Crippen LogP contribution in [0.4, 0.5) is 0 Å². The van der Waals surface area contributed by atoms with Gasteiger partial charge in [-0.2, -0.15) is 0 Å². The molecule has 0 amide bonds. The monoisotopic (exact) mass is 345 g/mol. The van der Waals surface area contributed by atoms with E-state index in [-0.39, 0.29) is 6.10 Å². The van der Waals surface area contributed by atoms with Gasteiger partial charge in [0, 0.05) is 12.5 Å². The van der Waals surface area contributed by atoms with Crippen LogP contribution in [0.1, 0.15) is 56.9 Å². The minimum Gasteiger partial charge on any atom is -0.389 e. The number of aliphatic hydroxyl groups is 1. The molecule has 2 aliphatic carbocycles. The third kappa shape index (κ3) is 4.84. The van der Waals surface area contributed by atoms with Gasteiger partial charge >= 0.3 is 0 Å². The summed E-state index contributed by atoms with van der Waals surface area (Å²) in [5, 5.41) is 11.6. The molecule has 3 nitrogen and oxygen atoms in total. The standard InChI is InChI=1S/C22H35NO2/c1-23(2)16-20-15-21(25-17-18-9-5-3-6-10-18)13-14-22(20,24)19-11-7-4-8-12-19/h3,5-6,9-10,19-21,24H,4,7-8,11-17H2,1-2H3. The Kier molecular flexibility index (Phi) is 6.54. The van der Waals surface area contributed by atoms with Crippen molar-refractivity contribution >= 4 is 0 Å². The van der Waals surface area contributed by atoms with E-state index in [0.717, 1.165) is 25.8 Å². The normalized spacial score (nSPS) is 31.4. The van der Waals surface area contributed by atoms with Gasteiger partial charge in [-0.1, -0.05) is 49.6 Å². The molecule has 0 radical (unpaired) electrons. The molecule has 3 heteroatoms. The predicted octanol–water partition coefficient (Wildman–Crippen LogP) is 4.24. The molecule has 140 valence electrons. The highest BCUT2D eigenvalue weighted by atomic mass is 16.5. The Morgan fingerprint density at radius 3 is 2.48 bits per heavy atom. The highest BCUT2D eigenvalue weighted by Crippen LogP contribution is 2.45. The highest BCUT2D eigenvalue weighted by Gasteiger charge is 2.47. The van der Waals surface area contributed by atoms with E-state index in [1.807, 2.05) is 6.07 Å². The smallest absolute Gasteiger partial charge is 0.0720 e. The van der Waals surface area contributed by atoms with Crippen LogP contribution >= 0.6 is 0 Å². The lowest BCUT2D eigenvalue weighted by Gasteiger charge is -2.49. The van der Waals surface area contributed by atoms with Crippen molar-refractivity contribution in [3.8, 4) is 0 Å². The maximum absolute atomic E-state index is 11.6. The maximum atomic E-state index is 11.6. The molecule has 3 atom stereocenters. The Balaban J connectivity index is 1.63. The van der Waals surface area contributed by atoms with Crippen molar-refractivity contribution in [1.29, 1.82) is 0 Å². The zero-order valence-corrected chi connectivity index (χ0v) is 16.0. The van der Waals surface area contributed by atoms with E-state index < -0.39 is 5.60 Å². The molecular weight excluding hydrogens is 310 g/mol. The lowest BCUT2D eigenvalue weighted by Crippen LogP contribution is -2.53. The Labute approximate surface area is 153 Å². The van der Waals surface area contributed by atoms with Gasteiger partial charge in [0.25, 0.3) is 0 Å². The first-order chi connectivity index (χ1) is 12.1. The minimum absolute atomic E-state index is 0.272. The van der Waals surface area contributed by atoms with E-state index in [1.54, 1.807) is 0 Å². The Morgan fingerprint density at radius 2 is 1.80 bits per heavy atom. The summed E-state index contributed by atoms with van der Waals surface area (Å²) in [6, 6.07) is 10.4. The van der Waals surface area contributed by atoms with Crippen LogP contribution in [0, 0.1) is 11.8 Å². The molecular formula is C22H35NO2. The van der Waals surface area contributed by atoms with Crippen molar-refractivity contribution in [3.63, 3.8) is 0 Å². The molecule has 1 aromatic carbocycles. The van der Waals surface area contributed by atoms with E-state index in [2.05, 4.69) is 43.3 Å². The average Bonchev–Trinajstić information content (AvgIpc) is 2.63. The van der Waals surface area contributed by atoms with Crippen LogP contribution < -0.4 is 0 Å². The number of rotatable bonds is 6. The molecule has 1 aromatic rings. The zero-order valence-electron chi connectivity index (χ0n) is 16.0. The molecule has 2 saturated carbocycles.